The molecule has 150 valence electrons. The van der Waals surface area contributed by atoms with Crippen LogP contribution in [0.2, 0.25) is 18.1 Å². The number of hydrogen-bond donors (Lipinski definition) is 1. The number of allylic oxidation sites excluding steroid dienone is 2. The maximum atomic E-state index is 10.4. The Kier molecular flexibility index (Phi) is 6.14. The molecule has 0 atom stereocenters. The molecule has 2 heterocycles. The second-order valence-corrected chi connectivity index (χ2v) is 15.2. The van der Waals surface area contributed by atoms with Gasteiger partial charge in [-0.15, -0.1) is 0 Å². The second-order valence-electron chi connectivity index (χ2n) is 8.10. The van der Waals surface area contributed by atoms with Crippen molar-refractivity contribution in [2.45, 2.75) is 38.9 Å². The minimum atomic E-state index is -1.78. The van der Waals surface area contributed by atoms with Crippen LogP contribution in [0.4, 0.5) is 0 Å². The maximum Gasteiger partial charge on any atom is 0.239 e. The predicted molar refractivity (Wildman–Crippen MR) is 122 cm³/mol. The third-order valence-corrected chi connectivity index (χ3v) is 12.1. The molecule has 0 saturated heterocycles. The molecule has 1 aliphatic rings. The molecule has 8 heteroatoms. The van der Waals surface area contributed by atoms with Crippen LogP contribution >= 0.6 is 21.6 Å². The topological polar surface area (TPSA) is 64.5 Å². The zero-order chi connectivity index (χ0) is 20.5. The molecular weight excluding hydrogens is 408 g/mol. The first-order valence-corrected chi connectivity index (χ1v) is 14.1. The molecule has 0 aliphatic carbocycles. The van der Waals surface area contributed by atoms with E-state index >= 15 is 0 Å². The zero-order valence-electron chi connectivity index (χ0n) is 17.1. The number of ether oxygens (including phenoxy) is 1. The van der Waals surface area contributed by atoms with Gasteiger partial charge >= 0.3 is 0 Å². The van der Waals surface area contributed by atoms with E-state index in [9.17, 15) is 5.11 Å². The highest BCUT2D eigenvalue weighted by atomic mass is 33.1. The SMILES string of the molecule is COc1cccc2nc(C3=CC=C(CO[Si](C)(C)C(C)(C)C)SS3)c(O)nc12. The maximum absolute atomic E-state index is 10.4. The third-order valence-electron chi connectivity index (χ3n) is 5.13. The second kappa shape index (κ2) is 8.10. The molecule has 28 heavy (non-hydrogen) atoms. The molecule has 0 spiro atoms. The summed E-state index contributed by atoms with van der Waals surface area (Å²) >= 11 is 0. The van der Waals surface area contributed by atoms with Crippen molar-refractivity contribution in [2.24, 2.45) is 0 Å². The van der Waals surface area contributed by atoms with Gasteiger partial charge in [0.2, 0.25) is 5.88 Å². The molecule has 0 radical (unpaired) electrons. The highest BCUT2D eigenvalue weighted by Crippen LogP contribution is 2.47. The van der Waals surface area contributed by atoms with Crippen molar-refractivity contribution in [1.82, 2.24) is 9.97 Å². The number of methoxy groups -OCH3 is 1. The van der Waals surface area contributed by atoms with Gasteiger partial charge in [0.05, 0.1) is 19.2 Å². The van der Waals surface area contributed by atoms with Crippen molar-refractivity contribution in [1.29, 1.82) is 0 Å². The lowest BCUT2D eigenvalue weighted by molar-refractivity contribution is 0.325. The van der Waals surface area contributed by atoms with Crippen molar-refractivity contribution >= 4 is 45.8 Å². The Bertz CT molecular complexity index is 952. The summed E-state index contributed by atoms with van der Waals surface area (Å²) in [4.78, 5) is 10.9. The van der Waals surface area contributed by atoms with Crippen molar-refractivity contribution in [3.8, 4) is 11.6 Å². The van der Waals surface area contributed by atoms with Crippen molar-refractivity contribution in [2.75, 3.05) is 13.7 Å². The Morgan fingerprint density at radius 1 is 1.11 bits per heavy atom. The smallest absolute Gasteiger partial charge is 0.239 e. The highest BCUT2D eigenvalue weighted by molar-refractivity contribution is 8.81. The van der Waals surface area contributed by atoms with Gasteiger partial charge in [-0.05, 0) is 42.4 Å². The van der Waals surface area contributed by atoms with Crippen LogP contribution in [0.1, 0.15) is 26.5 Å². The van der Waals surface area contributed by atoms with Gasteiger partial charge in [-0.1, -0.05) is 48.4 Å². The van der Waals surface area contributed by atoms with Gasteiger partial charge in [0.1, 0.15) is 17.0 Å². The van der Waals surface area contributed by atoms with Crippen LogP contribution in [-0.2, 0) is 4.43 Å². The number of rotatable bonds is 5. The summed E-state index contributed by atoms with van der Waals surface area (Å²) in [5, 5.41) is 10.6. The van der Waals surface area contributed by atoms with Crippen LogP contribution < -0.4 is 4.74 Å². The Labute approximate surface area is 175 Å². The van der Waals surface area contributed by atoms with Crippen molar-refractivity contribution in [3.63, 3.8) is 0 Å². The molecule has 0 unspecified atom stereocenters. The number of aromatic hydroxyl groups is 1. The summed E-state index contributed by atoms with van der Waals surface area (Å²) in [5.41, 5.74) is 1.73. The predicted octanol–water partition coefficient (Wildman–Crippen LogP) is 5.99. The lowest BCUT2D eigenvalue weighted by Crippen LogP contribution is -2.41. The molecule has 1 N–H and O–H groups in total. The molecule has 2 aromatic rings. The van der Waals surface area contributed by atoms with E-state index in [0.29, 0.717) is 29.1 Å². The standard InChI is InChI=1S/C20H26N2O3S2Si/c1-20(2,3)28(5,6)25-12-13-10-11-16(27-26-13)18-19(23)22-17-14(21-18)8-7-9-15(17)24-4/h7-11H,12H2,1-6H3,(H,22,23). The van der Waals surface area contributed by atoms with Crippen LogP contribution in [0, 0.1) is 0 Å². The molecule has 0 saturated carbocycles. The van der Waals surface area contributed by atoms with Crippen LogP contribution in [0.5, 0.6) is 11.6 Å². The van der Waals surface area contributed by atoms with Crippen LogP contribution in [0.25, 0.3) is 15.9 Å². The number of hydrogen-bond acceptors (Lipinski definition) is 7. The first kappa shape index (κ1) is 21.2. The van der Waals surface area contributed by atoms with Gasteiger partial charge in [-0.25, -0.2) is 9.97 Å². The van der Waals surface area contributed by atoms with Crippen LogP contribution in [0.15, 0.2) is 35.3 Å². The minimum absolute atomic E-state index is 0.0919. The number of para-hydroxylation sites is 1. The van der Waals surface area contributed by atoms with E-state index in [0.717, 1.165) is 9.81 Å². The molecule has 0 bridgehead atoms. The Balaban J connectivity index is 1.82. The highest BCUT2D eigenvalue weighted by Gasteiger charge is 2.37. The van der Waals surface area contributed by atoms with E-state index in [1.807, 2.05) is 24.3 Å². The number of benzene rings is 1. The van der Waals surface area contributed by atoms with E-state index in [2.05, 4.69) is 43.8 Å². The van der Waals surface area contributed by atoms with Gasteiger partial charge in [-0.2, -0.15) is 0 Å². The minimum Gasteiger partial charge on any atom is -0.494 e. The number of aromatic nitrogens is 2. The molecule has 1 aromatic carbocycles. The Hall–Kier alpha value is -1.48. The monoisotopic (exact) mass is 434 g/mol. The molecule has 3 rings (SSSR count). The molecule has 0 amide bonds. The van der Waals surface area contributed by atoms with Gasteiger partial charge in [0.25, 0.3) is 0 Å². The fourth-order valence-corrected chi connectivity index (χ4v) is 5.48. The average molecular weight is 435 g/mol. The Morgan fingerprint density at radius 3 is 2.46 bits per heavy atom. The quantitative estimate of drug-likeness (QED) is 0.458. The lowest BCUT2D eigenvalue weighted by Gasteiger charge is -2.36. The molecular formula is C20H26N2O3S2Si. The van der Waals surface area contributed by atoms with E-state index in [4.69, 9.17) is 9.16 Å². The summed E-state index contributed by atoms with van der Waals surface area (Å²) in [6, 6.07) is 5.53. The van der Waals surface area contributed by atoms with Gasteiger partial charge in [-0.3, -0.25) is 0 Å². The average Bonchev–Trinajstić information content (AvgIpc) is 2.65. The summed E-state index contributed by atoms with van der Waals surface area (Å²) in [5.74, 6) is 0.502. The summed E-state index contributed by atoms with van der Waals surface area (Å²) in [6.07, 6.45) is 4.02. The molecule has 1 aromatic heterocycles. The molecule has 0 fully saturated rings. The van der Waals surface area contributed by atoms with Crippen molar-refractivity contribution < 1.29 is 14.3 Å². The Morgan fingerprint density at radius 2 is 1.86 bits per heavy atom. The third kappa shape index (κ3) is 4.40. The van der Waals surface area contributed by atoms with E-state index in [-0.39, 0.29) is 10.9 Å². The molecule has 1 aliphatic heterocycles. The van der Waals surface area contributed by atoms with Crippen LogP contribution in [0.3, 0.4) is 0 Å². The summed E-state index contributed by atoms with van der Waals surface area (Å²) in [7, 11) is 3.01. The van der Waals surface area contributed by atoms with Crippen molar-refractivity contribution in [3.05, 3.63) is 41.0 Å². The fourth-order valence-electron chi connectivity index (χ4n) is 2.35. The number of fused-ring (bicyclic) bond motifs is 1. The van der Waals surface area contributed by atoms with Gasteiger partial charge in [0.15, 0.2) is 8.32 Å². The van der Waals surface area contributed by atoms with Gasteiger partial charge in [0, 0.05) is 9.81 Å². The molecule has 5 nitrogen and oxygen atoms in total. The van der Waals surface area contributed by atoms with E-state index in [1.165, 1.54) is 0 Å². The van der Waals surface area contributed by atoms with Gasteiger partial charge < -0.3 is 14.3 Å². The lowest BCUT2D eigenvalue weighted by atomic mass is 10.2. The van der Waals surface area contributed by atoms with Crippen LogP contribution in [-0.4, -0.2) is 37.1 Å². The summed E-state index contributed by atoms with van der Waals surface area (Å²) < 4.78 is 11.6. The fraction of sp³-hybridized carbons (Fsp3) is 0.400. The largest absolute Gasteiger partial charge is 0.494 e. The normalized spacial score (nSPS) is 15.4. The van der Waals surface area contributed by atoms with E-state index in [1.54, 1.807) is 34.8 Å². The first-order valence-electron chi connectivity index (χ1n) is 9.06. The zero-order valence-corrected chi connectivity index (χ0v) is 19.7. The first-order chi connectivity index (χ1) is 13.1. The van der Waals surface area contributed by atoms with E-state index < -0.39 is 8.32 Å². The summed E-state index contributed by atoms with van der Waals surface area (Å²) in [6.45, 7) is 11.9. The number of nitrogens with zero attached hydrogens (tertiary/aromatic N) is 2.